The molecule has 4 aromatic rings. The first-order valence-corrected chi connectivity index (χ1v) is 12.5. The van der Waals surface area contributed by atoms with Gasteiger partial charge >= 0.3 is 0 Å². The van der Waals surface area contributed by atoms with Gasteiger partial charge < -0.3 is 5.32 Å². The van der Waals surface area contributed by atoms with E-state index in [1.54, 1.807) is 30.3 Å². The third-order valence-corrected chi connectivity index (χ3v) is 6.89. The number of hydrazone groups is 1. The molecule has 0 atom stereocenters. The van der Waals surface area contributed by atoms with Crippen LogP contribution in [0.2, 0.25) is 0 Å². The predicted molar refractivity (Wildman–Crippen MR) is 148 cm³/mol. The van der Waals surface area contributed by atoms with Gasteiger partial charge in [0.05, 0.1) is 28.1 Å². The molecule has 6 rings (SSSR count). The number of fused-ring (bicyclic) bond motifs is 1. The fourth-order valence-electron chi connectivity index (χ4n) is 4.10. The number of anilines is 1. The Bertz CT molecular complexity index is 1800. The molecule has 0 fully saturated rings. The summed E-state index contributed by atoms with van der Waals surface area (Å²) in [6.07, 6.45) is 1.52. The van der Waals surface area contributed by atoms with Gasteiger partial charge in [0, 0.05) is 22.9 Å². The van der Waals surface area contributed by atoms with Gasteiger partial charge in [-0.15, -0.1) is 0 Å². The van der Waals surface area contributed by atoms with Crippen LogP contribution in [0.4, 0.5) is 10.1 Å². The Morgan fingerprint density at radius 2 is 1.74 bits per heavy atom. The van der Waals surface area contributed by atoms with Crippen LogP contribution in [0.15, 0.2) is 105 Å². The second kappa shape index (κ2) is 9.95. The van der Waals surface area contributed by atoms with Crippen molar-refractivity contribution in [3.8, 4) is 16.9 Å². The van der Waals surface area contributed by atoms with Crippen molar-refractivity contribution in [2.45, 2.75) is 0 Å². The number of hydrogen-bond donors (Lipinski definition) is 2. The van der Waals surface area contributed by atoms with Gasteiger partial charge in [-0.1, -0.05) is 42.5 Å². The number of aliphatic imine (C=N–C) groups is 1. The summed E-state index contributed by atoms with van der Waals surface area (Å²) in [7, 11) is 0. The zero-order chi connectivity index (χ0) is 26.9. The van der Waals surface area contributed by atoms with E-state index in [0.717, 1.165) is 17.3 Å². The standard InChI is InChI=1S/C28H17FN6O3S/c29-18-8-11-22-20(14-18)24(26(37)31-22)25-27(38)32-28(39-25)33-30-15-16-6-9-19(10-7-16)35-23(36)13-12-21(34-35)17-4-2-1-3-5-17/h1-15H,(H,31,37)(H,32,33,38). The van der Waals surface area contributed by atoms with Crippen LogP contribution in [0.25, 0.3) is 22.5 Å². The summed E-state index contributed by atoms with van der Waals surface area (Å²) in [5.74, 6) is -1.62. The van der Waals surface area contributed by atoms with Crippen molar-refractivity contribution in [3.63, 3.8) is 0 Å². The molecule has 0 spiro atoms. The quantitative estimate of drug-likeness (QED) is 0.232. The number of halogens is 1. The summed E-state index contributed by atoms with van der Waals surface area (Å²) in [6.45, 7) is 0. The van der Waals surface area contributed by atoms with E-state index in [1.165, 1.54) is 35.2 Å². The molecular formula is C28H17FN6O3S. The zero-order valence-electron chi connectivity index (χ0n) is 20.0. The van der Waals surface area contributed by atoms with E-state index in [2.05, 4.69) is 25.9 Å². The van der Waals surface area contributed by atoms with Crippen molar-refractivity contribution in [1.82, 2.24) is 15.2 Å². The lowest BCUT2D eigenvalue weighted by Gasteiger charge is -2.07. The smallest absolute Gasteiger partial charge is 0.287 e. The van der Waals surface area contributed by atoms with Gasteiger partial charge in [0.15, 0.2) is 5.17 Å². The molecule has 0 saturated carbocycles. The molecule has 9 nitrogen and oxygen atoms in total. The van der Waals surface area contributed by atoms with Crippen LogP contribution in [-0.2, 0) is 9.59 Å². The second-order valence-electron chi connectivity index (χ2n) is 8.47. The lowest BCUT2D eigenvalue weighted by molar-refractivity contribution is -0.114. The summed E-state index contributed by atoms with van der Waals surface area (Å²) in [5, 5.41) is 11.4. The van der Waals surface area contributed by atoms with Gasteiger partial charge in [-0.25, -0.2) is 4.39 Å². The van der Waals surface area contributed by atoms with Crippen molar-refractivity contribution in [1.29, 1.82) is 0 Å². The van der Waals surface area contributed by atoms with Crippen LogP contribution >= 0.6 is 11.8 Å². The molecule has 190 valence electrons. The molecular weight excluding hydrogens is 519 g/mol. The van der Waals surface area contributed by atoms with Crippen LogP contribution in [0, 0.1) is 5.82 Å². The topological polar surface area (TPSA) is 118 Å². The Morgan fingerprint density at radius 3 is 2.54 bits per heavy atom. The summed E-state index contributed by atoms with van der Waals surface area (Å²) in [6, 6.07) is 23.6. The fraction of sp³-hybridized carbons (Fsp3) is 0. The van der Waals surface area contributed by atoms with Crippen LogP contribution < -0.4 is 16.3 Å². The van der Waals surface area contributed by atoms with Crippen molar-refractivity contribution in [3.05, 3.63) is 117 Å². The Hall–Kier alpha value is -5.16. The van der Waals surface area contributed by atoms with E-state index in [4.69, 9.17) is 0 Å². The molecule has 0 bridgehead atoms. The molecule has 2 N–H and O–H groups in total. The second-order valence-corrected chi connectivity index (χ2v) is 9.47. The monoisotopic (exact) mass is 536 g/mol. The number of rotatable bonds is 4. The molecule has 2 aliphatic heterocycles. The number of aromatic nitrogens is 2. The van der Waals surface area contributed by atoms with Crippen molar-refractivity contribution >= 4 is 46.2 Å². The lowest BCUT2D eigenvalue weighted by atomic mass is 10.1. The molecule has 0 saturated heterocycles. The van der Waals surface area contributed by atoms with Crippen LogP contribution in [-0.4, -0.2) is 33.0 Å². The highest BCUT2D eigenvalue weighted by molar-refractivity contribution is 8.18. The Morgan fingerprint density at radius 1 is 0.949 bits per heavy atom. The van der Waals surface area contributed by atoms with E-state index < -0.39 is 17.6 Å². The lowest BCUT2D eigenvalue weighted by Crippen LogP contribution is -2.20. The molecule has 3 aromatic carbocycles. The zero-order valence-corrected chi connectivity index (χ0v) is 20.8. The highest BCUT2D eigenvalue weighted by atomic mass is 32.2. The van der Waals surface area contributed by atoms with Crippen LogP contribution in [0.5, 0.6) is 0 Å². The number of amides is 2. The Kier molecular flexibility index (Phi) is 6.17. The number of nitrogens with zero attached hydrogens (tertiary/aromatic N) is 4. The summed E-state index contributed by atoms with van der Waals surface area (Å²) in [5.41, 5.74) is 6.15. The molecule has 2 amide bonds. The maximum atomic E-state index is 13.7. The summed E-state index contributed by atoms with van der Waals surface area (Å²) >= 11 is 0.951. The van der Waals surface area contributed by atoms with Crippen LogP contribution in [0.3, 0.4) is 0 Å². The highest BCUT2D eigenvalue weighted by Gasteiger charge is 2.34. The molecule has 2 aliphatic rings. The Balaban J connectivity index is 1.16. The molecule has 0 radical (unpaired) electrons. The molecule has 0 unspecified atom stereocenters. The summed E-state index contributed by atoms with van der Waals surface area (Å²) in [4.78, 5) is 41.4. The van der Waals surface area contributed by atoms with Crippen molar-refractivity contribution < 1.29 is 14.0 Å². The van der Waals surface area contributed by atoms with E-state index >= 15 is 0 Å². The van der Waals surface area contributed by atoms with E-state index in [-0.39, 0.29) is 21.2 Å². The number of amidine groups is 1. The predicted octanol–water partition coefficient (Wildman–Crippen LogP) is 3.95. The van der Waals surface area contributed by atoms with Gasteiger partial charge in [0.1, 0.15) is 5.82 Å². The van der Waals surface area contributed by atoms with Gasteiger partial charge in [-0.3, -0.25) is 19.8 Å². The number of nitrogens with one attached hydrogen (secondary N) is 2. The molecule has 3 heterocycles. The number of hydrogen-bond acceptors (Lipinski definition) is 7. The van der Waals surface area contributed by atoms with Crippen molar-refractivity contribution in [2.24, 2.45) is 10.1 Å². The van der Waals surface area contributed by atoms with E-state index in [0.29, 0.717) is 28.2 Å². The summed E-state index contributed by atoms with van der Waals surface area (Å²) < 4.78 is 15.1. The fourth-order valence-corrected chi connectivity index (χ4v) is 4.96. The normalized spacial score (nSPS) is 16.4. The van der Waals surface area contributed by atoms with Gasteiger partial charge in [-0.05, 0) is 53.7 Å². The minimum absolute atomic E-state index is 0.0832. The first kappa shape index (κ1) is 24.2. The third-order valence-electron chi connectivity index (χ3n) is 5.93. The van der Waals surface area contributed by atoms with Gasteiger partial charge in [0.25, 0.3) is 17.4 Å². The number of thioether (sulfide) groups is 1. The van der Waals surface area contributed by atoms with Gasteiger partial charge in [0.2, 0.25) is 0 Å². The number of carbonyl (C=O) groups is 2. The maximum absolute atomic E-state index is 13.7. The number of carbonyl (C=O) groups excluding carboxylic acids is 2. The SMILES string of the molecule is O=C1N=C(NN=Cc2ccc(-n3nc(-c4ccccc4)ccc3=O)cc2)SC1=C1C(=O)Nc2ccc(F)cc21. The highest BCUT2D eigenvalue weighted by Crippen LogP contribution is 2.40. The minimum atomic E-state index is -0.611. The average Bonchev–Trinajstić information content (AvgIpc) is 3.47. The first-order chi connectivity index (χ1) is 19.0. The molecule has 1 aromatic heterocycles. The number of benzene rings is 3. The first-order valence-electron chi connectivity index (χ1n) is 11.7. The van der Waals surface area contributed by atoms with Gasteiger partial charge in [-0.2, -0.15) is 19.9 Å². The molecule has 39 heavy (non-hydrogen) atoms. The molecule has 11 heteroatoms. The molecule has 0 aliphatic carbocycles. The minimum Gasteiger partial charge on any atom is -0.321 e. The Labute approximate surface area is 224 Å². The maximum Gasteiger partial charge on any atom is 0.287 e. The average molecular weight is 537 g/mol. The third kappa shape index (κ3) is 4.78. The van der Waals surface area contributed by atoms with Crippen molar-refractivity contribution in [2.75, 3.05) is 5.32 Å². The van der Waals surface area contributed by atoms with Crippen LogP contribution in [0.1, 0.15) is 11.1 Å². The van der Waals surface area contributed by atoms with E-state index in [1.807, 2.05) is 30.3 Å². The largest absolute Gasteiger partial charge is 0.321 e. The van der Waals surface area contributed by atoms with E-state index in [9.17, 15) is 18.8 Å².